The highest BCUT2D eigenvalue weighted by Crippen LogP contribution is 2.29. The number of hydrogen-bond acceptors (Lipinski definition) is 3. The summed E-state index contributed by atoms with van der Waals surface area (Å²) >= 11 is 0. The van der Waals surface area contributed by atoms with Crippen LogP contribution in [0.3, 0.4) is 0 Å². The summed E-state index contributed by atoms with van der Waals surface area (Å²) in [5, 5.41) is 0. The maximum atomic E-state index is 5.65. The quantitative estimate of drug-likeness (QED) is 0.724. The topological polar surface area (TPSA) is 51.8 Å². The van der Waals surface area contributed by atoms with Gasteiger partial charge in [-0.1, -0.05) is 36.4 Å². The Bertz CT molecular complexity index is 573. The van der Waals surface area contributed by atoms with E-state index in [2.05, 4.69) is 34.3 Å². The summed E-state index contributed by atoms with van der Waals surface area (Å²) < 4.78 is 0. The molecule has 2 N–H and O–H groups in total. The molecule has 3 heteroatoms. The molecular formula is C13H11N3. The lowest BCUT2D eigenvalue weighted by molar-refractivity contribution is 1.12. The van der Waals surface area contributed by atoms with Crippen molar-refractivity contribution in [3.05, 3.63) is 47.7 Å². The maximum absolute atomic E-state index is 5.65. The van der Waals surface area contributed by atoms with Gasteiger partial charge in [-0.2, -0.15) is 0 Å². The predicted octanol–water partition coefficient (Wildman–Crippen LogP) is 2.30. The minimum atomic E-state index is 0.329. The molecule has 0 amide bonds. The average molecular weight is 209 g/mol. The van der Waals surface area contributed by atoms with Crippen LogP contribution < -0.4 is 5.73 Å². The molecule has 16 heavy (non-hydrogen) atoms. The molecule has 78 valence electrons. The number of nitrogens with two attached hydrogens (primary N) is 1. The van der Waals surface area contributed by atoms with E-state index in [1.165, 1.54) is 5.56 Å². The molecule has 0 fully saturated rings. The van der Waals surface area contributed by atoms with Crippen molar-refractivity contribution in [2.45, 2.75) is 6.42 Å². The van der Waals surface area contributed by atoms with Gasteiger partial charge in [-0.25, -0.2) is 9.97 Å². The molecule has 1 aromatic carbocycles. The molecule has 0 bridgehead atoms. The minimum Gasteiger partial charge on any atom is -0.368 e. The molecular weight excluding hydrogens is 198 g/mol. The van der Waals surface area contributed by atoms with Crippen LogP contribution in [0, 0.1) is 0 Å². The second kappa shape index (κ2) is 3.45. The molecule has 0 radical (unpaired) electrons. The van der Waals surface area contributed by atoms with Gasteiger partial charge < -0.3 is 5.73 Å². The van der Waals surface area contributed by atoms with Crippen LogP contribution in [0.4, 0.5) is 5.95 Å². The highest BCUT2D eigenvalue weighted by Gasteiger charge is 2.12. The number of allylic oxidation sites excluding steroid dienone is 1. The highest BCUT2D eigenvalue weighted by molar-refractivity contribution is 5.77. The van der Waals surface area contributed by atoms with Crippen LogP contribution in [0.2, 0.25) is 0 Å². The Balaban J connectivity index is 2.32. The van der Waals surface area contributed by atoms with Gasteiger partial charge in [0.15, 0.2) is 0 Å². The van der Waals surface area contributed by atoms with Crippen LogP contribution in [-0.4, -0.2) is 9.97 Å². The lowest BCUT2D eigenvalue weighted by Gasteiger charge is -2.07. The minimum absolute atomic E-state index is 0.329. The molecule has 1 heterocycles. The molecule has 1 aliphatic rings. The highest BCUT2D eigenvalue weighted by atomic mass is 15.0. The maximum Gasteiger partial charge on any atom is 0.220 e. The Labute approximate surface area is 93.7 Å². The van der Waals surface area contributed by atoms with E-state index in [-0.39, 0.29) is 0 Å². The zero-order valence-corrected chi connectivity index (χ0v) is 8.72. The van der Waals surface area contributed by atoms with E-state index in [4.69, 9.17) is 5.73 Å². The van der Waals surface area contributed by atoms with Crippen molar-refractivity contribution in [3.63, 3.8) is 0 Å². The number of aromatic nitrogens is 2. The normalized spacial score (nSPS) is 12.8. The lowest BCUT2D eigenvalue weighted by atomic mass is 10.0. The number of benzene rings is 1. The van der Waals surface area contributed by atoms with Crippen LogP contribution in [-0.2, 0) is 6.42 Å². The third kappa shape index (κ3) is 1.37. The van der Waals surface area contributed by atoms with Gasteiger partial charge >= 0.3 is 0 Å². The van der Waals surface area contributed by atoms with E-state index in [9.17, 15) is 0 Å². The van der Waals surface area contributed by atoms with E-state index < -0.39 is 0 Å². The Hall–Kier alpha value is -2.16. The second-order valence-electron chi connectivity index (χ2n) is 3.80. The molecule has 1 aromatic heterocycles. The van der Waals surface area contributed by atoms with Gasteiger partial charge in [-0.3, -0.25) is 0 Å². The molecule has 0 saturated heterocycles. The van der Waals surface area contributed by atoms with Crippen molar-refractivity contribution < 1.29 is 0 Å². The summed E-state index contributed by atoms with van der Waals surface area (Å²) in [4.78, 5) is 8.38. The van der Waals surface area contributed by atoms with Gasteiger partial charge in [0.05, 0.1) is 5.69 Å². The fourth-order valence-electron chi connectivity index (χ4n) is 1.97. The third-order valence-electron chi connectivity index (χ3n) is 2.73. The largest absolute Gasteiger partial charge is 0.368 e. The van der Waals surface area contributed by atoms with E-state index in [0.29, 0.717) is 5.95 Å². The first kappa shape index (κ1) is 9.09. The molecule has 1 aliphatic carbocycles. The Kier molecular flexibility index (Phi) is 1.96. The van der Waals surface area contributed by atoms with Gasteiger partial charge in [-0.05, 0) is 12.0 Å². The first-order valence-electron chi connectivity index (χ1n) is 5.22. The van der Waals surface area contributed by atoms with Crippen LogP contribution in [0.1, 0.15) is 11.1 Å². The summed E-state index contributed by atoms with van der Waals surface area (Å²) in [7, 11) is 0. The van der Waals surface area contributed by atoms with Crippen molar-refractivity contribution in [3.8, 4) is 11.3 Å². The van der Waals surface area contributed by atoms with Crippen LogP contribution in [0.5, 0.6) is 0 Å². The van der Waals surface area contributed by atoms with Gasteiger partial charge in [0, 0.05) is 17.3 Å². The number of hydrogen-bond donors (Lipinski definition) is 1. The molecule has 0 aliphatic heterocycles. The molecule has 3 nitrogen and oxygen atoms in total. The zero-order valence-electron chi connectivity index (χ0n) is 8.72. The van der Waals surface area contributed by atoms with Crippen LogP contribution in [0.15, 0.2) is 36.5 Å². The molecule has 2 aromatic rings. The molecule has 0 spiro atoms. The first-order chi connectivity index (χ1) is 7.84. The number of nitrogen functional groups attached to an aromatic ring is 1. The van der Waals surface area contributed by atoms with Crippen molar-refractivity contribution >= 4 is 12.0 Å². The zero-order chi connectivity index (χ0) is 11.0. The van der Waals surface area contributed by atoms with Crippen molar-refractivity contribution in [1.29, 1.82) is 0 Å². The van der Waals surface area contributed by atoms with E-state index in [0.717, 1.165) is 23.2 Å². The number of anilines is 1. The first-order valence-corrected chi connectivity index (χ1v) is 5.22. The fraction of sp³-hybridized carbons (Fsp3) is 0.0769. The summed E-state index contributed by atoms with van der Waals surface area (Å²) in [5.74, 6) is 0.329. The number of nitrogens with zero attached hydrogens (tertiary/aromatic N) is 2. The lowest BCUT2D eigenvalue weighted by Crippen LogP contribution is -2.00. The van der Waals surface area contributed by atoms with Gasteiger partial charge in [-0.15, -0.1) is 0 Å². The van der Waals surface area contributed by atoms with Crippen molar-refractivity contribution in [2.24, 2.45) is 0 Å². The predicted molar refractivity (Wildman–Crippen MR) is 64.6 cm³/mol. The molecule has 0 atom stereocenters. The van der Waals surface area contributed by atoms with Gasteiger partial charge in [0.1, 0.15) is 0 Å². The summed E-state index contributed by atoms with van der Waals surface area (Å²) in [5.41, 5.74) is 10.0. The Morgan fingerprint density at radius 2 is 2.06 bits per heavy atom. The Morgan fingerprint density at radius 3 is 3.00 bits per heavy atom. The molecule has 3 rings (SSSR count). The second-order valence-corrected chi connectivity index (χ2v) is 3.80. The third-order valence-corrected chi connectivity index (χ3v) is 2.73. The van der Waals surface area contributed by atoms with Crippen molar-refractivity contribution in [1.82, 2.24) is 9.97 Å². The van der Waals surface area contributed by atoms with E-state index >= 15 is 0 Å². The smallest absolute Gasteiger partial charge is 0.220 e. The van der Waals surface area contributed by atoms with E-state index in [1.54, 1.807) is 0 Å². The summed E-state index contributed by atoms with van der Waals surface area (Å²) in [6, 6.07) is 8.19. The summed E-state index contributed by atoms with van der Waals surface area (Å²) in [6.07, 6.45) is 6.91. The standard InChI is InChI=1S/C13H11N3/c14-13-15-8-10-6-3-5-9-4-1-2-7-11(9)12(10)16-13/h1-5,7-8H,6H2,(H2,14,15,16). The van der Waals surface area contributed by atoms with Gasteiger partial charge in [0.25, 0.3) is 0 Å². The molecule has 0 unspecified atom stereocenters. The Morgan fingerprint density at radius 1 is 1.19 bits per heavy atom. The van der Waals surface area contributed by atoms with E-state index in [1.807, 2.05) is 18.3 Å². The average Bonchev–Trinajstić information content (AvgIpc) is 2.48. The summed E-state index contributed by atoms with van der Waals surface area (Å²) in [6.45, 7) is 0. The SMILES string of the molecule is Nc1ncc2c(n1)-c1ccccc1C=CC2. The van der Waals surface area contributed by atoms with Crippen LogP contribution in [0.25, 0.3) is 17.3 Å². The monoisotopic (exact) mass is 209 g/mol. The van der Waals surface area contributed by atoms with Crippen LogP contribution >= 0.6 is 0 Å². The number of fused-ring (bicyclic) bond motifs is 3. The number of rotatable bonds is 0. The van der Waals surface area contributed by atoms with Crippen molar-refractivity contribution in [2.75, 3.05) is 5.73 Å². The van der Waals surface area contributed by atoms with Gasteiger partial charge in [0.2, 0.25) is 5.95 Å². The fourth-order valence-corrected chi connectivity index (χ4v) is 1.97. The molecule has 0 saturated carbocycles.